The Kier molecular flexibility index (Phi) is 5.88. The molecular weight excluding hydrogens is 435 g/mol. The second kappa shape index (κ2) is 8.75. The highest BCUT2D eigenvalue weighted by Crippen LogP contribution is 2.27. The van der Waals surface area contributed by atoms with E-state index in [1.807, 2.05) is 48.9 Å². The molecule has 0 spiro atoms. The molecule has 4 rings (SSSR count). The SMILES string of the molecule is Cc1nn(-c2ccccc2)c(C)c1-c1cc(C(=O)N/N=C/c2ccc(Cl)cc2Cl)[nH]n1. The molecule has 0 bridgehead atoms. The van der Waals surface area contributed by atoms with Crippen LogP contribution in [-0.2, 0) is 0 Å². The minimum absolute atomic E-state index is 0.278. The van der Waals surface area contributed by atoms with Crippen molar-refractivity contribution in [1.29, 1.82) is 0 Å². The number of carbonyl (C=O) groups excluding carboxylic acids is 1. The van der Waals surface area contributed by atoms with Gasteiger partial charge in [0, 0.05) is 16.1 Å². The van der Waals surface area contributed by atoms with Crippen LogP contribution >= 0.6 is 23.2 Å². The minimum atomic E-state index is -0.425. The number of amides is 1. The van der Waals surface area contributed by atoms with Gasteiger partial charge in [0.2, 0.25) is 0 Å². The van der Waals surface area contributed by atoms with E-state index < -0.39 is 5.91 Å². The van der Waals surface area contributed by atoms with Gasteiger partial charge in [-0.15, -0.1) is 0 Å². The summed E-state index contributed by atoms with van der Waals surface area (Å²) in [6.45, 7) is 3.88. The fourth-order valence-electron chi connectivity index (χ4n) is 3.23. The zero-order valence-corrected chi connectivity index (χ0v) is 18.2. The molecule has 2 N–H and O–H groups in total. The maximum atomic E-state index is 12.4. The fourth-order valence-corrected chi connectivity index (χ4v) is 3.68. The van der Waals surface area contributed by atoms with Gasteiger partial charge >= 0.3 is 0 Å². The molecule has 0 unspecified atom stereocenters. The topological polar surface area (TPSA) is 88.0 Å². The first-order valence-corrected chi connectivity index (χ1v) is 10.2. The van der Waals surface area contributed by atoms with Crippen molar-refractivity contribution in [3.05, 3.63) is 87.3 Å². The minimum Gasteiger partial charge on any atom is -0.272 e. The van der Waals surface area contributed by atoms with E-state index in [2.05, 4.69) is 25.8 Å². The molecular formula is C22H18Cl2N6O. The van der Waals surface area contributed by atoms with Crippen molar-refractivity contribution in [2.24, 2.45) is 5.10 Å². The largest absolute Gasteiger partial charge is 0.289 e. The molecule has 0 aliphatic heterocycles. The molecule has 0 aliphatic carbocycles. The number of rotatable bonds is 5. The van der Waals surface area contributed by atoms with Crippen LogP contribution in [0.4, 0.5) is 0 Å². The van der Waals surface area contributed by atoms with Gasteiger partial charge in [-0.1, -0.05) is 47.5 Å². The average molecular weight is 453 g/mol. The van der Waals surface area contributed by atoms with E-state index in [-0.39, 0.29) is 5.69 Å². The molecule has 0 fully saturated rings. The van der Waals surface area contributed by atoms with Gasteiger partial charge in [0.05, 0.1) is 34.0 Å². The van der Waals surface area contributed by atoms with E-state index in [1.54, 1.807) is 24.3 Å². The van der Waals surface area contributed by atoms with Crippen molar-refractivity contribution in [2.45, 2.75) is 13.8 Å². The van der Waals surface area contributed by atoms with Crippen LogP contribution in [0.5, 0.6) is 0 Å². The number of benzene rings is 2. The Hall–Kier alpha value is -3.42. The maximum Gasteiger partial charge on any atom is 0.289 e. The Morgan fingerprint density at radius 1 is 1.13 bits per heavy atom. The van der Waals surface area contributed by atoms with E-state index in [1.165, 1.54) is 6.21 Å². The Morgan fingerprint density at radius 2 is 1.90 bits per heavy atom. The third-order valence-corrected chi connectivity index (χ3v) is 5.27. The first-order valence-electron chi connectivity index (χ1n) is 9.40. The Labute approximate surface area is 188 Å². The third kappa shape index (κ3) is 4.38. The summed E-state index contributed by atoms with van der Waals surface area (Å²) < 4.78 is 1.86. The van der Waals surface area contributed by atoms with Crippen LogP contribution in [-0.4, -0.2) is 32.1 Å². The van der Waals surface area contributed by atoms with Crippen LogP contribution in [0.25, 0.3) is 16.9 Å². The van der Waals surface area contributed by atoms with Crippen LogP contribution in [0.2, 0.25) is 10.0 Å². The first kappa shape index (κ1) is 20.8. The van der Waals surface area contributed by atoms with Crippen LogP contribution in [0.3, 0.4) is 0 Å². The van der Waals surface area contributed by atoms with Crippen LogP contribution in [0, 0.1) is 13.8 Å². The number of nitrogens with one attached hydrogen (secondary N) is 2. The zero-order chi connectivity index (χ0) is 22.0. The van der Waals surface area contributed by atoms with Gasteiger partial charge in [-0.3, -0.25) is 9.89 Å². The van der Waals surface area contributed by atoms with Gasteiger partial charge in [0.15, 0.2) is 0 Å². The first-order chi connectivity index (χ1) is 14.9. The zero-order valence-electron chi connectivity index (χ0n) is 16.7. The summed E-state index contributed by atoms with van der Waals surface area (Å²) in [4.78, 5) is 12.4. The number of hydrogen-bond donors (Lipinski definition) is 2. The maximum absolute atomic E-state index is 12.4. The lowest BCUT2D eigenvalue weighted by atomic mass is 10.1. The summed E-state index contributed by atoms with van der Waals surface area (Å²) in [5.74, 6) is -0.425. The van der Waals surface area contributed by atoms with E-state index in [0.29, 0.717) is 21.3 Å². The quantitative estimate of drug-likeness (QED) is 0.331. The fraction of sp³-hybridized carbons (Fsp3) is 0.0909. The number of carbonyl (C=O) groups is 1. The van der Waals surface area contributed by atoms with Gasteiger partial charge in [0.25, 0.3) is 5.91 Å². The predicted octanol–water partition coefficient (Wildman–Crippen LogP) is 4.95. The van der Waals surface area contributed by atoms with Gasteiger partial charge in [-0.2, -0.15) is 15.3 Å². The summed E-state index contributed by atoms with van der Waals surface area (Å²) in [6, 6.07) is 16.5. The molecule has 31 heavy (non-hydrogen) atoms. The summed E-state index contributed by atoms with van der Waals surface area (Å²) >= 11 is 12.0. The average Bonchev–Trinajstić information content (AvgIpc) is 3.34. The number of halogens is 2. The molecule has 0 radical (unpaired) electrons. The molecule has 156 valence electrons. The van der Waals surface area contributed by atoms with Crippen LogP contribution in [0.1, 0.15) is 27.4 Å². The molecule has 0 aliphatic rings. The van der Waals surface area contributed by atoms with Crippen molar-refractivity contribution < 1.29 is 4.79 Å². The monoisotopic (exact) mass is 452 g/mol. The lowest BCUT2D eigenvalue weighted by molar-refractivity contribution is 0.0950. The van der Waals surface area contributed by atoms with E-state index >= 15 is 0 Å². The lowest BCUT2D eigenvalue weighted by Crippen LogP contribution is -2.18. The molecule has 2 aromatic carbocycles. The highest BCUT2D eigenvalue weighted by atomic mass is 35.5. The predicted molar refractivity (Wildman–Crippen MR) is 122 cm³/mol. The molecule has 7 nitrogen and oxygen atoms in total. The van der Waals surface area contributed by atoms with Crippen molar-refractivity contribution in [1.82, 2.24) is 25.4 Å². The molecule has 0 atom stereocenters. The molecule has 9 heteroatoms. The summed E-state index contributed by atoms with van der Waals surface area (Å²) in [5, 5.41) is 16.6. The number of aromatic amines is 1. The highest BCUT2D eigenvalue weighted by Gasteiger charge is 2.18. The molecule has 4 aromatic rings. The van der Waals surface area contributed by atoms with Crippen molar-refractivity contribution in [2.75, 3.05) is 0 Å². The number of nitrogens with zero attached hydrogens (tertiary/aromatic N) is 4. The Bertz CT molecular complexity index is 1280. The van der Waals surface area contributed by atoms with Crippen molar-refractivity contribution in [3.8, 4) is 16.9 Å². The standard InChI is InChI=1S/C22H18Cl2N6O/c1-13-21(14(2)30(29-13)17-6-4-3-5-7-17)19-11-20(27-26-19)22(31)28-25-12-15-8-9-16(23)10-18(15)24/h3-12H,1-2H3,(H,26,27)(H,28,31)/b25-12+. The molecule has 2 heterocycles. The molecule has 0 saturated heterocycles. The Morgan fingerprint density at radius 3 is 2.65 bits per heavy atom. The summed E-state index contributed by atoms with van der Waals surface area (Å²) in [5.41, 5.74) is 7.58. The number of aryl methyl sites for hydroxylation is 1. The summed E-state index contributed by atoms with van der Waals surface area (Å²) in [7, 11) is 0. The molecule has 0 saturated carbocycles. The van der Waals surface area contributed by atoms with Crippen molar-refractivity contribution >= 4 is 35.3 Å². The Balaban J connectivity index is 1.52. The number of aromatic nitrogens is 4. The summed E-state index contributed by atoms with van der Waals surface area (Å²) in [6.07, 6.45) is 1.45. The lowest BCUT2D eigenvalue weighted by Gasteiger charge is -2.04. The number of para-hydroxylation sites is 1. The van der Waals surface area contributed by atoms with E-state index in [9.17, 15) is 4.79 Å². The van der Waals surface area contributed by atoms with Crippen LogP contribution in [0.15, 0.2) is 59.7 Å². The second-order valence-electron chi connectivity index (χ2n) is 6.82. The normalized spacial score (nSPS) is 11.2. The van der Waals surface area contributed by atoms with Crippen molar-refractivity contribution in [3.63, 3.8) is 0 Å². The van der Waals surface area contributed by atoms with E-state index in [4.69, 9.17) is 23.2 Å². The van der Waals surface area contributed by atoms with E-state index in [0.717, 1.165) is 22.6 Å². The van der Waals surface area contributed by atoms with Crippen LogP contribution < -0.4 is 5.43 Å². The number of H-pyrrole nitrogens is 1. The number of hydrazone groups is 1. The smallest absolute Gasteiger partial charge is 0.272 e. The van der Waals surface area contributed by atoms with Gasteiger partial charge in [-0.05, 0) is 44.2 Å². The second-order valence-corrected chi connectivity index (χ2v) is 7.67. The third-order valence-electron chi connectivity index (χ3n) is 4.70. The van der Waals surface area contributed by atoms with Gasteiger partial charge < -0.3 is 0 Å². The number of hydrogen-bond acceptors (Lipinski definition) is 4. The van der Waals surface area contributed by atoms with Gasteiger partial charge in [0.1, 0.15) is 5.69 Å². The van der Waals surface area contributed by atoms with Gasteiger partial charge in [-0.25, -0.2) is 10.1 Å². The molecule has 2 aromatic heterocycles. The highest BCUT2D eigenvalue weighted by molar-refractivity contribution is 6.36. The molecule has 1 amide bonds.